The van der Waals surface area contributed by atoms with Crippen LogP contribution in [-0.4, -0.2) is 39.3 Å². The van der Waals surface area contributed by atoms with Gasteiger partial charge in [0.1, 0.15) is 6.61 Å². The summed E-state index contributed by atoms with van der Waals surface area (Å²) in [5.74, 6) is -1.25. The van der Waals surface area contributed by atoms with Gasteiger partial charge in [-0.1, -0.05) is 66.7 Å². The smallest absolute Gasteiger partial charge is 0.407 e. The van der Waals surface area contributed by atoms with Gasteiger partial charge >= 0.3 is 6.09 Å². The zero-order chi connectivity index (χ0) is 22.6. The third-order valence-electron chi connectivity index (χ3n) is 5.27. The van der Waals surface area contributed by atoms with E-state index >= 15 is 0 Å². The van der Waals surface area contributed by atoms with Crippen LogP contribution in [0.4, 0.5) is 4.79 Å². The maximum atomic E-state index is 12.1. The molecule has 4 rings (SSSR count). The monoisotopic (exact) mass is 450 g/mol. The number of ether oxygens (including phenoxy) is 1. The first-order valence-corrected chi connectivity index (χ1v) is 11.8. The molecule has 0 aliphatic heterocycles. The Bertz CT molecular complexity index is 1200. The van der Waals surface area contributed by atoms with Crippen molar-refractivity contribution in [2.24, 2.45) is 0 Å². The summed E-state index contributed by atoms with van der Waals surface area (Å²) in [7, 11) is -3.91. The number of fused-ring (bicyclic) bond motifs is 3. The molecule has 0 heterocycles. The summed E-state index contributed by atoms with van der Waals surface area (Å²) in [6, 6.07) is 24.0. The van der Waals surface area contributed by atoms with Crippen LogP contribution in [0.15, 0.2) is 78.9 Å². The van der Waals surface area contributed by atoms with Gasteiger partial charge in [0.25, 0.3) is 5.91 Å². The average Bonchev–Trinajstić information content (AvgIpc) is 3.11. The summed E-state index contributed by atoms with van der Waals surface area (Å²) < 4.78 is 31.6. The van der Waals surface area contributed by atoms with E-state index in [2.05, 4.69) is 5.32 Å². The maximum absolute atomic E-state index is 12.1. The van der Waals surface area contributed by atoms with Crippen LogP contribution in [0, 0.1) is 0 Å². The Morgan fingerprint density at radius 3 is 2.00 bits per heavy atom. The van der Waals surface area contributed by atoms with Crippen molar-refractivity contribution in [3.05, 3.63) is 95.6 Å². The lowest BCUT2D eigenvalue weighted by atomic mass is 9.98. The molecule has 0 saturated heterocycles. The SMILES string of the molecule is O=C(NCCS(=O)(=O)NC(=O)c1ccccc1)OCC1c2ccccc2-c2ccccc21. The van der Waals surface area contributed by atoms with Gasteiger partial charge in [-0.05, 0) is 34.4 Å². The minimum absolute atomic E-state index is 0.0814. The number of alkyl carbamates (subject to hydrolysis) is 1. The Balaban J connectivity index is 1.28. The number of benzene rings is 3. The van der Waals surface area contributed by atoms with E-state index in [1.165, 1.54) is 12.1 Å². The Labute approximate surface area is 186 Å². The van der Waals surface area contributed by atoms with Crippen LogP contribution >= 0.6 is 0 Å². The Morgan fingerprint density at radius 2 is 1.38 bits per heavy atom. The molecule has 32 heavy (non-hydrogen) atoms. The maximum Gasteiger partial charge on any atom is 0.407 e. The van der Waals surface area contributed by atoms with Crippen molar-refractivity contribution in [2.75, 3.05) is 18.9 Å². The predicted octanol–water partition coefficient (Wildman–Crippen LogP) is 3.28. The van der Waals surface area contributed by atoms with Gasteiger partial charge in [0.05, 0.1) is 5.75 Å². The summed E-state index contributed by atoms with van der Waals surface area (Å²) >= 11 is 0. The van der Waals surface area contributed by atoms with Crippen LogP contribution in [0.1, 0.15) is 27.4 Å². The zero-order valence-electron chi connectivity index (χ0n) is 17.2. The van der Waals surface area contributed by atoms with Crippen LogP contribution in [0.2, 0.25) is 0 Å². The number of hydrogen-bond donors (Lipinski definition) is 2. The molecule has 3 aromatic carbocycles. The third-order valence-corrected chi connectivity index (χ3v) is 6.51. The molecule has 0 spiro atoms. The second kappa shape index (κ2) is 9.23. The fourth-order valence-electron chi connectivity index (χ4n) is 3.78. The van der Waals surface area contributed by atoms with Gasteiger partial charge in [0.2, 0.25) is 10.0 Å². The van der Waals surface area contributed by atoms with Crippen molar-refractivity contribution in [1.29, 1.82) is 0 Å². The van der Waals surface area contributed by atoms with Crippen molar-refractivity contribution in [2.45, 2.75) is 5.92 Å². The Morgan fingerprint density at radius 1 is 0.812 bits per heavy atom. The van der Waals surface area contributed by atoms with Gasteiger partial charge < -0.3 is 10.1 Å². The molecule has 2 N–H and O–H groups in total. The number of nitrogens with one attached hydrogen (secondary N) is 2. The molecule has 1 aliphatic carbocycles. The summed E-state index contributed by atoms with van der Waals surface area (Å²) in [5.41, 5.74) is 4.66. The number of carbonyl (C=O) groups is 2. The lowest BCUT2D eigenvalue weighted by molar-refractivity contribution is 0.0981. The first-order valence-electron chi connectivity index (χ1n) is 10.1. The minimum atomic E-state index is -3.91. The molecule has 1 aliphatic rings. The first kappa shape index (κ1) is 21.6. The molecule has 2 amide bonds. The Hall–Kier alpha value is -3.65. The largest absolute Gasteiger partial charge is 0.449 e. The summed E-state index contributed by atoms with van der Waals surface area (Å²) in [6.45, 7) is -0.0502. The van der Waals surface area contributed by atoms with Gasteiger partial charge in [-0.3, -0.25) is 4.79 Å². The second-order valence-corrected chi connectivity index (χ2v) is 9.21. The minimum Gasteiger partial charge on any atom is -0.449 e. The molecule has 0 atom stereocenters. The van der Waals surface area contributed by atoms with E-state index in [4.69, 9.17) is 4.74 Å². The quantitative estimate of drug-likeness (QED) is 0.575. The third kappa shape index (κ3) is 4.81. The normalized spacial score (nSPS) is 12.5. The second-order valence-electron chi connectivity index (χ2n) is 7.37. The van der Waals surface area contributed by atoms with Crippen LogP contribution in [0.3, 0.4) is 0 Å². The molecular weight excluding hydrogens is 428 g/mol. The van der Waals surface area contributed by atoms with Gasteiger partial charge in [-0.2, -0.15) is 0 Å². The number of carbonyl (C=O) groups excluding carboxylic acids is 2. The predicted molar refractivity (Wildman–Crippen MR) is 121 cm³/mol. The highest BCUT2D eigenvalue weighted by Crippen LogP contribution is 2.44. The lowest BCUT2D eigenvalue weighted by Crippen LogP contribution is -2.37. The van der Waals surface area contributed by atoms with E-state index < -0.39 is 27.8 Å². The van der Waals surface area contributed by atoms with E-state index in [1.807, 2.05) is 53.3 Å². The average molecular weight is 451 g/mol. The highest BCUT2D eigenvalue weighted by Gasteiger charge is 2.29. The molecule has 3 aromatic rings. The molecule has 164 valence electrons. The van der Waals surface area contributed by atoms with E-state index in [-0.39, 0.29) is 24.6 Å². The van der Waals surface area contributed by atoms with Gasteiger partial charge in [0.15, 0.2) is 0 Å². The summed E-state index contributed by atoms with van der Waals surface area (Å²) in [6.07, 6.45) is -0.712. The Kier molecular flexibility index (Phi) is 6.23. The van der Waals surface area contributed by atoms with Crippen LogP contribution < -0.4 is 10.0 Å². The molecule has 0 aromatic heterocycles. The number of amides is 2. The highest BCUT2D eigenvalue weighted by molar-refractivity contribution is 7.90. The van der Waals surface area contributed by atoms with Gasteiger partial charge in [-0.25, -0.2) is 17.9 Å². The van der Waals surface area contributed by atoms with Crippen LogP contribution in [0.25, 0.3) is 11.1 Å². The highest BCUT2D eigenvalue weighted by atomic mass is 32.2. The molecule has 0 unspecified atom stereocenters. The van der Waals surface area contributed by atoms with Crippen molar-refractivity contribution >= 4 is 22.0 Å². The molecule has 0 bridgehead atoms. The molecule has 8 heteroatoms. The zero-order valence-corrected chi connectivity index (χ0v) is 18.0. The van der Waals surface area contributed by atoms with E-state index in [0.717, 1.165) is 22.3 Å². The van der Waals surface area contributed by atoms with Crippen molar-refractivity contribution in [3.8, 4) is 11.1 Å². The summed E-state index contributed by atoms with van der Waals surface area (Å²) in [5, 5.41) is 2.43. The van der Waals surface area contributed by atoms with Crippen LogP contribution in [-0.2, 0) is 14.8 Å². The number of rotatable bonds is 7. The molecule has 0 saturated carbocycles. The first-order chi connectivity index (χ1) is 15.4. The number of hydrogen-bond acceptors (Lipinski definition) is 5. The fourth-order valence-corrected chi connectivity index (χ4v) is 4.65. The van der Waals surface area contributed by atoms with E-state index in [1.54, 1.807) is 18.2 Å². The molecule has 0 fully saturated rings. The van der Waals surface area contributed by atoms with Crippen LogP contribution in [0.5, 0.6) is 0 Å². The lowest BCUT2D eigenvalue weighted by Gasteiger charge is -2.14. The molecule has 0 radical (unpaired) electrons. The number of sulfonamides is 1. The van der Waals surface area contributed by atoms with Gasteiger partial charge in [-0.15, -0.1) is 0 Å². The molecule has 7 nitrogen and oxygen atoms in total. The summed E-state index contributed by atoms with van der Waals surface area (Å²) in [4.78, 5) is 24.1. The standard InChI is InChI=1S/C24H22N2O5S/c27-23(17-8-2-1-3-9-17)26-32(29,30)15-14-25-24(28)31-16-22-20-12-6-4-10-18(20)19-11-5-7-13-21(19)22/h1-13,22H,14-16H2,(H,25,28)(H,26,27). The fraction of sp³-hybridized carbons (Fsp3) is 0.167. The van der Waals surface area contributed by atoms with E-state index in [9.17, 15) is 18.0 Å². The van der Waals surface area contributed by atoms with Crippen molar-refractivity contribution in [1.82, 2.24) is 10.0 Å². The van der Waals surface area contributed by atoms with Crippen molar-refractivity contribution in [3.63, 3.8) is 0 Å². The van der Waals surface area contributed by atoms with Crippen molar-refractivity contribution < 1.29 is 22.7 Å². The van der Waals surface area contributed by atoms with Gasteiger partial charge in [0, 0.05) is 18.0 Å². The van der Waals surface area contributed by atoms with E-state index in [0.29, 0.717) is 0 Å². The molecular formula is C24H22N2O5S. The topological polar surface area (TPSA) is 102 Å².